The first-order valence-corrected chi connectivity index (χ1v) is 6.95. The summed E-state index contributed by atoms with van der Waals surface area (Å²) in [5, 5.41) is 0.630. The number of thioether (sulfide) groups is 1. The van der Waals surface area contributed by atoms with Gasteiger partial charge in [0.15, 0.2) is 5.16 Å². The molecule has 0 unspecified atom stereocenters. The van der Waals surface area contributed by atoms with Crippen LogP contribution in [0, 0.1) is 0 Å². The second-order valence-corrected chi connectivity index (χ2v) is 5.23. The van der Waals surface area contributed by atoms with Gasteiger partial charge in [0, 0.05) is 17.9 Å². The van der Waals surface area contributed by atoms with E-state index >= 15 is 0 Å². The molecule has 0 bridgehead atoms. The summed E-state index contributed by atoms with van der Waals surface area (Å²) in [5.41, 5.74) is 5.71. The zero-order valence-corrected chi connectivity index (χ0v) is 11.2. The van der Waals surface area contributed by atoms with Gasteiger partial charge in [-0.25, -0.2) is 9.78 Å². The average molecular weight is 289 g/mol. The Bertz CT molecular complexity index is 728. The third-order valence-corrected chi connectivity index (χ3v) is 3.85. The molecule has 0 fully saturated rings. The van der Waals surface area contributed by atoms with Gasteiger partial charge in [-0.1, -0.05) is 42.1 Å². The highest BCUT2D eigenvalue weighted by molar-refractivity contribution is 7.99. The summed E-state index contributed by atoms with van der Waals surface area (Å²) in [6.07, 6.45) is -1.02. The number of amides is 1. The van der Waals surface area contributed by atoms with Gasteiger partial charge < -0.3 is 10.5 Å². The van der Waals surface area contributed by atoms with Crippen molar-refractivity contribution in [2.24, 2.45) is 5.73 Å². The van der Waals surface area contributed by atoms with Crippen LogP contribution >= 0.6 is 11.8 Å². The van der Waals surface area contributed by atoms with E-state index in [-0.39, 0.29) is 11.3 Å². The highest BCUT2D eigenvalue weighted by Crippen LogP contribution is 2.30. The van der Waals surface area contributed by atoms with Crippen molar-refractivity contribution in [1.82, 2.24) is 9.55 Å². The Morgan fingerprint density at radius 2 is 2.10 bits per heavy atom. The van der Waals surface area contributed by atoms with Crippen molar-refractivity contribution in [2.75, 3.05) is 5.75 Å². The molecule has 7 heteroatoms. The topological polar surface area (TPSA) is 87.2 Å². The number of primary amides is 1. The fourth-order valence-corrected chi connectivity index (χ4v) is 2.98. The Kier molecular flexibility index (Phi) is 3.19. The van der Waals surface area contributed by atoms with Crippen molar-refractivity contribution in [1.29, 1.82) is 0 Å². The SMILES string of the molecule is NC(=O)Oc1c(-c2ccccc2)nc2n(c1=O)CCS2. The van der Waals surface area contributed by atoms with Gasteiger partial charge in [-0.3, -0.25) is 9.36 Å². The fourth-order valence-electron chi connectivity index (χ4n) is 2.04. The highest BCUT2D eigenvalue weighted by atomic mass is 32.2. The number of rotatable bonds is 2. The lowest BCUT2D eigenvalue weighted by molar-refractivity contribution is 0.209. The molecule has 20 heavy (non-hydrogen) atoms. The van der Waals surface area contributed by atoms with Crippen LogP contribution in [0.4, 0.5) is 4.79 Å². The van der Waals surface area contributed by atoms with Crippen LogP contribution in [0.1, 0.15) is 0 Å². The molecule has 3 rings (SSSR count). The lowest BCUT2D eigenvalue weighted by Crippen LogP contribution is -2.27. The second kappa shape index (κ2) is 5.01. The van der Waals surface area contributed by atoms with Crippen LogP contribution < -0.4 is 16.0 Å². The van der Waals surface area contributed by atoms with Crippen LogP contribution in [0.2, 0.25) is 0 Å². The quantitative estimate of drug-likeness (QED) is 0.846. The largest absolute Gasteiger partial charge is 0.410 e. The summed E-state index contributed by atoms with van der Waals surface area (Å²) in [4.78, 5) is 27.8. The summed E-state index contributed by atoms with van der Waals surface area (Å²) in [6, 6.07) is 9.10. The zero-order valence-electron chi connectivity index (χ0n) is 10.4. The predicted octanol–water partition coefficient (Wildman–Crippen LogP) is 1.47. The first-order chi connectivity index (χ1) is 9.66. The molecule has 1 aliphatic rings. The van der Waals surface area contributed by atoms with Gasteiger partial charge in [-0.15, -0.1) is 0 Å². The second-order valence-electron chi connectivity index (χ2n) is 4.16. The normalized spacial score (nSPS) is 13.0. The minimum Gasteiger partial charge on any atom is -0.402 e. The summed E-state index contributed by atoms with van der Waals surface area (Å²) >= 11 is 1.50. The molecule has 1 aliphatic heterocycles. The number of aromatic nitrogens is 2. The van der Waals surface area contributed by atoms with E-state index in [9.17, 15) is 9.59 Å². The average Bonchev–Trinajstić information content (AvgIpc) is 2.91. The van der Waals surface area contributed by atoms with Crippen LogP contribution in [0.5, 0.6) is 5.75 Å². The maximum atomic E-state index is 12.4. The van der Waals surface area contributed by atoms with Crippen LogP contribution in [-0.4, -0.2) is 21.4 Å². The number of fused-ring (bicyclic) bond motifs is 1. The van der Waals surface area contributed by atoms with Crippen molar-refractivity contribution in [2.45, 2.75) is 11.7 Å². The summed E-state index contributed by atoms with van der Waals surface area (Å²) < 4.78 is 6.39. The Hall–Kier alpha value is -2.28. The Morgan fingerprint density at radius 3 is 2.80 bits per heavy atom. The standard InChI is InChI=1S/C13H11N3O3S/c14-12(18)19-10-9(8-4-2-1-3-5-8)15-13-16(11(10)17)6-7-20-13/h1-5H,6-7H2,(H2,14,18). The van der Waals surface area contributed by atoms with Gasteiger partial charge in [-0.2, -0.15) is 0 Å². The molecule has 1 aromatic heterocycles. The molecule has 2 N–H and O–H groups in total. The number of nitrogens with zero attached hydrogens (tertiary/aromatic N) is 2. The maximum absolute atomic E-state index is 12.4. The predicted molar refractivity (Wildman–Crippen MR) is 74.9 cm³/mol. The fraction of sp³-hybridized carbons (Fsp3) is 0.154. The van der Waals surface area contributed by atoms with Gasteiger partial charge in [0.2, 0.25) is 5.75 Å². The molecular weight excluding hydrogens is 278 g/mol. The molecule has 0 atom stereocenters. The van der Waals surface area contributed by atoms with Crippen LogP contribution in [0.25, 0.3) is 11.3 Å². The Labute approximate surface area is 118 Å². The molecule has 6 nitrogen and oxygen atoms in total. The zero-order chi connectivity index (χ0) is 14.1. The third-order valence-electron chi connectivity index (χ3n) is 2.89. The van der Waals surface area contributed by atoms with Gasteiger partial charge in [0.05, 0.1) is 0 Å². The van der Waals surface area contributed by atoms with Gasteiger partial charge >= 0.3 is 6.09 Å². The molecule has 0 radical (unpaired) electrons. The van der Waals surface area contributed by atoms with Crippen molar-refractivity contribution in [3.05, 3.63) is 40.7 Å². The molecule has 0 spiro atoms. The van der Waals surface area contributed by atoms with Crippen molar-refractivity contribution >= 4 is 17.9 Å². The van der Waals surface area contributed by atoms with Crippen molar-refractivity contribution < 1.29 is 9.53 Å². The van der Waals surface area contributed by atoms with Crippen LogP contribution in [0.3, 0.4) is 0 Å². The monoisotopic (exact) mass is 289 g/mol. The van der Waals surface area contributed by atoms with E-state index in [1.807, 2.05) is 18.2 Å². The van der Waals surface area contributed by atoms with Crippen molar-refractivity contribution in [3.63, 3.8) is 0 Å². The van der Waals surface area contributed by atoms with E-state index in [4.69, 9.17) is 10.5 Å². The molecule has 2 heterocycles. The molecule has 0 saturated carbocycles. The maximum Gasteiger partial charge on any atom is 0.410 e. The third kappa shape index (κ3) is 2.16. The molecule has 2 aromatic rings. The number of carbonyl (C=O) groups is 1. The minimum atomic E-state index is -1.02. The first-order valence-electron chi connectivity index (χ1n) is 5.97. The van der Waals surface area contributed by atoms with Crippen molar-refractivity contribution in [3.8, 4) is 17.0 Å². The Balaban J connectivity index is 2.25. The first kappa shape index (κ1) is 12.7. The lowest BCUT2D eigenvalue weighted by atomic mass is 10.1. The molecule has 0 saturated heterocycles. The van der Waals surface area contributed by atoms with E-state index in [1.54, 1.807) is 12.1 Å². The number of hydrogen-bond donors (Lipinski definition) is 1. The number of nitrogens with two attached hydrogens (primary N) is 1. The van der Waals surface area contributed by atoms with Gasteiger partial charge in [0.1, 0.15) is 5.69 Å². The number of ether oxygens (including phenoxy) is 1. The molecule has 0 aliphatic carbocycles. The molecular formula is C13H11N3O3S. The van der Waals surface area contributed by atoms with E-state index in [1.165, 1.54) is 16.3 Å². The lowest BCUT2D eigenvalue weighted by Gasteiger charge is -2.10. The van der Waals surface area contributed by atoms with E-state index < -0.39 is 6.09 Å². The minimum absolute atomic E-state index is 0.116. The molecule has 1 amide bonds. The number of carbonyl (C=O) groups excluding carboxylic acids is 1. The van der Waals surface area contributed by atoms with Crippen LogP contribution in [0.15, 0.2) is 40.3 Å². The summed E-state index contributed by atoms with van der Waals surface area (Å²) in [5.74, 6) is 0.659. The van der Waals surface area contributed by atoms with E-state index in [0.717, 1.165) is 5.75 Å². The number of benzene rings is 1. The van der Waals surface area contributed by atoms with Crippen LogP contribution in [-0.2, 0) is 6.54 Å². The van der Waals surface area contributed by atoms with Gasteiger partial charge in [-0.05, 0) is 0 Å². The Morgan fingerprint density at radius 1 is 1.35 bits per heavy atom. The molecule has 102 valence electrons. The van der Waals surface area contributed by atoms with E-state index in [0.29, 0.717) is 23.0 Å². The van der Waals surface area contributed by atoms with Gasteiger partial charge in [0.25, 0.3) is 5.56 Å². The molecule has 1 aromatic carbocycles. The summed E-state index contributed by atoms with van der Waals surface area (Å²) in [6.45, 7) is 0.552. The summed E-state index contributed by atoms with van der Waals surface area (Å²) in [7, 11) is 0. The number of hydrogen-bond acceptors (Lipinski definition) is 5. The van der Waals surface area contributed by atoms with E-state index in [2.05, 4.69) is 4.98 Å². The highest BCUT2D eigenvalue weighted by Gasteiger charge is 2.23. The smallest absolute Gasteiger partial charge is 0.402 e.